The molecule has 1 aromatic rings. The number of benzene rings is 1. The van der Waals surface area contributed by atoms with E-state index in [1.807, 2.05) is 13.0 Å². The van der Waals surface area contributed by atoms with Gasteiger partial charge >= 0.3 is 0 Å². The molecule has 14 heavy (non-hydrogen) atoms. The average molecular weight is 259 g/mol. The van der Waals surface area contributed by atoms with Crippen LogP contribution in [0.2, 0.25) is 0 Å². The number of rotatable bonds is 3. The van der Waals surface area contributed by atoms with Crippen molar-refractivity contribution in [3.63, 3.8) is 0 Å². The van der Waals surface area contributed by atoms with Crippen LogP contribution in [-0.2, 0) is 0 Å². The quantitative estimate of drug-likeness (QED) is 0.796. The lowest BCUT2D eigenvalue weighted by atomic mass is 10.1. The number of hydrogen-bond acceptors (Lipinski definition) is 1. The predicted molar refractivity (Wildman–Crippen MR) is 60.0 cm³/mol. The Labute approximate surface area is 91.7 Å². The largest absolute Gasteiger partial charge is 0.492 e. The fourth-order valence-corrected chi connectivity index (χ4v) is 1.76. The van der Waals surface area contributed by atoms with E-state index in [2.05, 4.69) is 22.5 Å². The van der Waals surface area contributed by atoms with Crippen molar-refractivity contribution in [3.05, 3.63) is 34.6 Å². The second-order valence-electron chi connectivity index (χ2n) is 2.93. The Bertz CT molecular complexity index is 337. The van der Waals surface area contributed by atoms with Gasteiger partial charge in [0.1, 0.15) is 0 Å². The normalized spacial score (nSPS) is 10.0. The van der Waals surface area contributed by atoms with E-state index in [1.165, 1.54) is 13.2 Å². The molecule has 0 fully saturated rings. The SMILES string of the molecule is C=C(CC)c1cc(F)c(OC)c(Br)c1. The van der Waals surface area contributed by atoms with Gasteiger partial charge in [0.15, 0.2) is 11.6 Å². The van der Waals surface area contributed by atoms with E-state index >= 15 is 0 Å². The Kier molecular flexibility index (Phi) is 3.69. The summed E-state index contributed by atoms with van der Waals surface area (Å²) < 4.78 is 18.9. The fourth-order valence-electron chi connectivity index (χ4n) is 1.16. The van der Waals surface area contributed by atoms with Gasteiger partial charge in [-0.25, -0.2) is 4.39 Å². The van der Waals surface area contributed by atoms with Crippen molar-refractivity contribution in [2.45, 2.75) is 13.3 Å². The lowest BCUT2D eigenvalue weighted by Crippen LogP contribution is -1.92. The van der Waals surface area contributed by atoms with Gasteiger partial charge in [-0.15, -0.1) is 0 Å². The van der Waals surface area contributed by atoms with Gasteiger partial charge in [0.25, 0.3) is 0 Å². The van der Waals surface area contributed by atoms with Gasteiger partial charge in [0.2, 0.25) is 0 Å². The van der Waals surface area contributed by atoms with Crippen LogP contribution in [0.4, 0.5) is 4.39 Å². The number of hydrogen-bond donors (Lipinski definition) is 0. The van der Waals surface area contributed by atoms with Crippen LogP contribution in [-0.4, -0.2) is 7.11 Å². The third kappa shape index (κ3) is 2.15. The minimum Gasteiger partial charge on any atom is -0.492 e. The van der Waals surface area contributed by atoms with Crippen molar-refractivity contribution >= 4 is 21.5 Å². The number of halogens is 2. The van der Waals surface area contributed by atoms with Crippen LogP contribution in [0.1, 0.15) is 18.9 Å². The van der Waals surface area contributed by atoms with E-state index < -0.39 is 0 Å². The molecular weight excluding hydrogens is 247 g/mol. The number of allylic oxidation sites excluding steroid dienone is 1. The summed E-state index contributed by atoms with van der Waals surface area (Å²) in [5.74, 6) is -0.135. The summed E-state index contributed by atoms with van der Waals surface area (Å²) in [6.45, 7) is 5.84. The molecule has 0 atom stereocenters. The van der Waals surface area contributed by atoms with E-state index in [0.717, 1.165) is 17.6 Å². The predicted octanol–water partition coefficient (Wildman–Crippen LogP) is 4.02. The molecular formula is C11H12BrFO. The van der Waals surface area contributed by atoms with Crippen LogP contribution in [0, 0.1) is 5.82 Å². The van der Waals surface area contributed by atoms with Gasteiger partial charge in [-0.3, -0.25) is 0 Å². The van der Waals surface area contributed by atoms with Crippen LogP contribution in [0.3, 0.4) is 0 Å². The molecule has 0 spiro atoms. The second kappa shape index (κ2) is 4.60. The van der Waals surface area contributed by atoms with Gasteiger partial charge in [0, 0.05) is 0 Å². The Morgan fingerprint density at radius 3 is 2.64 bits per heavy atom. The van der Waals surface area contributed by atoms with Crippen LogP contribution in [0.25, 0.3) is 5.57 Å². The summed E-state index contributed by atoms with van der Waals surface area (Å²) in [5.41, 5.74) is 1.71. The number of ether oxygens (including phenoxy) is 1. The maximum absolute atomic E-state index is 13.4. The monoisotopic (exact) mass is 258 g/mol. The van der Waals surface area contributed by atoms with Crippen molar-refractivity contribution in [1.29, 1.82) is 0 Å². The highest BCUT2D eigenvalue weighted by Crippen LogP contribution is 2.31. The van der Waals surface area contributed by atoms with E-state index in [1.54, 1.807) is 0 Å². The van der Waals surface area contributed by atoms with E-state index in [-0.39, 0.29) is 11.6 Å². The topological polar surface area (TPSA) is 9.23 Å². The maximum Gasteiger partial charge on any atom is 0.168 e. The zero-order chi connectivity index (χ0) is 10.7. The Morgan fingerprint density at radius 1 is 1.57 bits per heavy atom. The summed E-state index contributed by atoms with van der Waals surface area (Å²) in [7, 11) is 1.44. The van der Waals surface area contributed by atoms with Crippen LogP contribution in [0.5, 0.6) is 5.75 Å². The molecule has 1 nitrogen and oxygen atoms in total. The van der Waals surface area contributed by atoms with E-state index in [9.17, 15) is 4.39 Å². The van der Waals surface area contributed by atoms with Gasteiger partial charge in [-0.1, -0.05) is 13.5 Å². The third-order valence-electron chi connectivity index (χ3n) is 2.04. The van der Waals surface area contributed by atoms with Crippen LogP contribution in [0.15, 0.2) is 23.2 Å². The van der Waals surface area contributed by atoms with E-state index in [0.29, 0.717) is 4.47 Å². The average Bonchev–Trinajstić information content (AvgIpc) is 2.16. The molecule has 3 heteroatoms. The highest BCUT2D eigenvalue weighted by Gasteiger charge is 2.10. The second-order valence-corrected chi connectivity index (χ2v) is 3.78. The lowest BCUT2D eigenvalue weighted by molar-refractivity contribution is 0.383. The van der Waals surface area contributed by atoms with Crippen LogP contribution >= 0.6 is 15.9 Å². The van der Waals surface area contributed by atoms with Gasteiger partial charge in [0.05, 0.1) is 11.6 Å². The molecule has 0 aromatic heterocycles. The molecule has 1 aromatic carbocycles. The molecule has 0 unspecified atom stereocenters. The molecule has 0 saturated heterocycles. The zero-order valence-corrected chi connectivity index (χ0v) is 9.82. The maximum atomic E-state index is 13.4. The summed E-state index contributed by atoms with van der Waals surface area (Å²) in [4.78, 5) is 0. The first-order valence-corrected chi connectivity index (χ1v) is 5.10. The van der Waals surface area contributed by atoms with Gasteiger partial charge in [-0.2, -0.15) is 0 Å². The smallest absolute Gasteiger partial charge is 0.168 e. The molecule has 1 rings (SSSR count). The number of methoxy groups -OCH3 is 1. The molecule has 0 radical (unpaired) electrons. The first-order valence-electron chi connectivity index (χ1n) is 4.31. The molecule has 0 aliphatic rings. The molecule has 76 valence electrons. The summed E-state index contributed by atoms with van der Waals surface area (Å²) >= 11 is 3.25. The summed E-state index contributed by atoms with van der Waals surface area (Å²) in [6, 6.07) is 3.25. The highest BCUT2D eigenvalue weighted by molar-refractivity contribution is 9.10. The molecule has 0 amide bonds. The Hall–Kier alpha value is -0.830. The van der Waals surface area contributed by atoms with Gasteiger partial charge < -0.3 is 4.74 Å². The molecule has 0 aliphatic carbocycles. The molecule has 0 heterocycles. The van der Waals surface area contributed by atoms with Crippen molar-refractivity contribution in [1.82, 2.24) is 0 Å². The van der Waals surface area contributed by atoms with Crippen molar-refractivity contribution < 1.29 is 9.13 Å². The molecule has 0 bridgehead atoms. The fraction of sp³-hybridized carbons (Fsp3) is 0.273. The minimum absolute atomic E-state index is 0.234. The molecule has 0 N–H and O–H groups in total. The summed E-state index contributed by atoms with van der Waals surface area (Å²) in [5, 5.41) is 0. The van der Waals surface area contributed by atoms with Crippen molar-refractivity contribution in [3.8, 4) is 5.75 Å². The third-order valence-corrected chi connectivity index (χ3v) is 2.63. The zero-order valence-electron chi connectivity index (χ0n) is 8.23. The first kappa shape index (κ1) is 11.2. The standard InChI is InChI=1S/C11H12BrFO/c1-4-7(2)8-5-9(12)11(14-3)10(13)6-8/h5-6H,2,4H2,1,3H3. The Balaban J connectivity index is 3.20. The van der Waals surface area contributed by atoms with Gasteiger partial charge in [-0.05, 0) is 45.6 Å². The lowest BCUT2D eigenvalue weighted by Gasteiger charge is -2.08. The molecule has 0 saturated carbocycles. The Morgan fingerprint density at radius 2 is 2.21 bits per heavy atom. The van der Waals surface area contributed by atoms with Crippen LogP contribution < -0.4 is 4.74 Å². The summed E-state index contributed by atoms with van der Waals surface area (Å²) in [6.07, 6.45) is 0.804. The van der Waals surface area contributed by atoms with Crippen molar-refractivity contribution in [2.24, 2.45) is 0 Å². The first-order chi connectivity index (χ1) is 6.60. The van der Waals surface area contributed by atoms with Crippen molar-refractivity contribution in [2.75, 3.05) is 7.11 Å². The highest BCUT2D eigenvalue weighted by atomic mass is 79.9. The van der Waals surface area contributed by atoms with E-state index in [4.69, 9.17) is 4.74 Å². The molecule has 0 aliphatic heterocycles. The minimum atomic E-state index is -0.369.